The molecule has 0 aliphatic rings. The highest BCUT2D eigenvalue weighted by atomic mass is 35.5. The van der Waals surface area contributed by atoms with Crippen molar-refractivity contribution in [3.63, 3.8) is 0 Å². The number of benzene rings is 2. The van der Waals surface area contributed by atoms with Crippen LogP contribution >= 0.6 is 11.6 Å². The molecule has 2 aromatic carbocycles. The van der Waals surface area contributed by atoms with E-state index in [9.17, 15) is 4.79 Å². The minimum Gasteiger partial charge on any atom is -0.395 e. The molecule has 0 saturated carbocycles. The van der Waals surface area contributed by atoms with Crippen LogP contribution in [0.5, 0.6) is 11.5 Å². The van der Waals surface area contributed by atoms with Crippen LogP contribution in [0.1, 0.15) is 26.3 Å². The fraction of sp³-hybridized carbons (Fsp3) is 0.235. The molecule has 2 aromatic rings. The number of hydrogen-bond donors (Lipinski definition) is 0. The van der Waals surface area contributed by atoms with Crippen molar-refractivity contribution in [3.8, 4) is 11.5 Å². The van der Waals surface area contributed by atoms with Crippen molar-refractivity contribution in [1.29, 1.82) is 0 Å². The van der Waals surface area contributed by atoms with Crippen molar-refractivity contribution in [1.82, 2.24) is 0 Å². The SMILES string of the molecule is CC(C)(C)c1ccc(OC(=O)Oc2ccccc2Cl)cc1. The second-order valence-corrected chi connectivity index (χ2v) is 6.07. The number of halogens is 1. The third kappa shape index (κ3) is 4.23. The molecule has 0 amide bonds. The van der Waals surface area contributed by atoms with Gasteiger partial charge in [0.05, 0.1) is 5.02 Å². The van der Waals surface area contributed by atoms with Gasteiger partial charge in [-0.25, -0.2) is 4.79 Å². The smallest absolute Gasteiger partial charge is 0.395 e. The Balaban J connectivity index is 2.02. The Morgan fingerprint density at radius 3 is 2.14 bits per heavy atom. The molecule has 0 N–H and O–H groups in total. The van der Waals surface area contributed by atoms with Gasteiger partial charge in [0.15, 0.2) is 5.75 Å². The Labute approximate surface area is 129 Å². The lowest BCUT2D eigenvalue weighted by molar-refractivity contribution is 0.152. The largest absolute Gasteiger partial charge is 0.519 e. The zero-order chi connectivity index (χ0) is 15.5. The maximum atomic E-state index is 11.7. The molecule has 0 fully saturated rings. The van der Waals surface area contributed by atoms with Crippen LogP contribution in [-0.4, -0.2) is 6.16 Å². The van der Waals surface area contributed by atoms with E-state index in [-0.39, 0.29) is 11.2 Å². The number of rotatable bonds is 2. The first-order valence-electron chi connectivity index (χ1n) is 6.61. The number of para-hydroxylation sites is 1. The molecular weight excluding hydrogens is 288 g/mol. The van der Waals surface area contributed by atoms with E-state index in [0.717, 1.165) is 5.56 Å². The second-order valence-electron chi connectivity index (χ2n) is 5.66. The maximum Gasteiger partial charge on any atom is 0.519 e. The zero-order valence-corrected chi connectivity index (χ0v) is 13.0. The summed E-state index contributed by atoms with van der Waals surface area (Å²) in [5.74, 6) is 0.704. The Morgan fingerprint density at radius 2 is 1.57 bits per heavy atom. The van der Waals surface area contributed by atoms with E-state index in [1.54, 1.807) is 36.4 Å². The van der Waals surface area contributed by atoms with Crippen LogP contribution in [0.25, 0.3) is 0 Å². The molecule has 110 valence electrons. The first-order chi connectivity index (χ1) is 9.86. The average molecular weight is 305 g/mol. The molecule has 0 aromatic heterocycles. The van der Waals surface area contributed by atoms with Crippen LogP contribution in [0.15, 0.2) is 48.5 Å². The fourth-order valence-corrected chi connectivity index (χ4v) is 1.93. The van der Waals surface area contributed by atoms with Gasteiger partial charge in [0, 0.05) is 0 Å². The first kappa shape index (κ1) is 15.4. The molecule has 0 heterocycles. The van der Waals surface area contributed by atoms with Crippen LogP contribution in [0, 0.1) is 0 Å². The summed E-state index contributed by atoms with van der Waals surface area (Å²) in [6, 6.07) is 14.1. The molecule has 21 heavy (non-hydrogen) atoms. The molecule has 0 aliphatic heterocycles. The predicted octanol–water partition coefficient (Wildman–Crippen LogP) is 5.22. The number of hydrogen-bond acceptors (Lipinski definition) is 3. The van der Waals surface area contributed by atoms with Crippen LogP contribution in [-0.2, 0) is 5.41 Å². The van der Waals surface area contributed by atoms with Gasteiger partial charge in [-0.1, -0.05) is 56.6 Å². The van der Waals surface area contributed by atoms with Gasteiger partial charge in [-0.15, -0.1) is 0 Å². The third-order valence-corrected chi connectivity index (χ3v) is 3.26. The molecule has 0 aliphatic carbocycles. The summed E-state index contributed by atoms with van der Waals surface area (Å²) >= 11 is 5.91. The number of carbonyl (C=O) groups excluding carboxylic acids is 1. The summed E-state index contributed by atoms with van der Waals surface area (Å²) in [5, 5.41) is 0.359. The molecular formula is C17H17ClO3. The van der Waals surface area contributed by atoms with Gasteiger partial charge in [-0.3, -0.25) is 0 Å². The molecule has 0 atom stereocenters. The van der Waals surface area contributed by atoms with Gasteiger partial charge in [0.2, 0.25) is 0 Å². The summed E-state index contributed by atoms with van der Waals surface area (Å²) in [7, 11) is 0. The quantitative estimate of drug-likeness (QED) is 0.564. The van der Waals surface area contributed by atoms with E-state index < -0.39 is 6.16 Å². The predicted molar refractivity (Wildman–Crippen MR) is 83.2 cm³/mol. The molecule has 0 unspecified atom stereocenters. The summed E-state index contributed by atoms with van der Waals surface area (Å²) < 4.78 is 10.2. The van der Waals surface area contributed by atoms with Gasteiger partial charge in [0.25, 0.3) is 0 Å². The van der Waals surface area contributed by atoms with Crippen molar-refractivity contribution < 1.29 is 14.3 Å². The van der Waals surface area contributed by atoms with Crippen LogP contribution < -0.4 is 9.47 Å². The van der Waals surface area contributed by atoms with E-state index in [1.165, 1.54) is 0 Å². The topological polar surface area (TPSA) is 35.5 Å². The Hall–Kier alpha value is -2.00. The molecule has 0 bridgehead atoms. The highest BCUT2D eigenvalue weighted by Crippen LogP contribution is 2.26. The van der Waals surface area contributed by atoms with Gasteiger partial charge in [-0.2, -0.15) is 0 Å². The molecule has 4 heteroatoms. The molecule has 3 nitrogen and oxygen atoms in total. The van der Waals surface area contributed by atoms with E-state index in [1.807, 2.05) is 12.1 Å². The molecule has 0 radical (unpaired) electrons. The normalized spacial score (nSPS) is 11.0. The molecule has 0 saturated heterocycles. The second kappa shape index (κ2) is 6.19. The van der Waals surface area contributed by atoms with E-state index >= 15 is 0 Å². The standard InChI is InChI=1S/C17H17ClO3/c1-17(2,3)12-8-10-13(11-9-12)20-16(19)21-15-7-5-4-6-14(15)18/h4-11H,1-3H3. The molecule has 2 rings (SSSR count). The lowest BCUT2D eigenvalue weighted by Crippen LogP contribution is -2.14. The summed E-state index contributed by atoms with van der Waals surface area (Å²) in [5.41, 5.74) is 1.21. The Morgan fingerprint density at radius 1 is 0.952 bits per heavy atom. The summed E-state index contributed by atoms with van der Waals surface area (Å²) in [6.45, 7) is 6.36. The Bertz CT molecular complexity index is 627. The van der Waals surface area contributed by atoms with E-state index in [0.29, 0.717) is 10.8 Å². The maximum absolute atomic E-state index is 11.7. The third-order valence-electron chi connectivity index (χ3n) is 2.95. The van der Waals surface area contributed by atoms with Crippen molar-refractivity contribution >= 4 is 17.8 Å². The number of carbonyl (C=O) groups is 1. The Kier molecular flexibility index (Phi) is 4.53. The zero-order valence-electron chi connectivity index (χ0n) is 12.2. The highest BCUT2D eigenvalue weighted by molar-refractivity contribution is 6.32. The highest BCUT2D eigenvalue weighted by Gasteiger charge is 2.14. The lowest BCUT2D eigenvalue weighted by Gasteiger charge is -2.18. The minimum absolute atomic E-state index is 0.0522. The van der Waals surface area contributed by atoms with Gasteiger partial charge in [0.1, 0.15) is 5.75 Å². The molecule has 0 spiro atoms. The van der Waals surface area contributed by atoms with Crippen LogP contribution in [0.2, 0.25) is 5.02 Å². The van der Waals surface area contributed by atoms with Crippen molar-refractivity contribution in [2.75, 3.05) is 0 Å². The first-order valence-corrected chi connectivity index (χ1v) is 6.99. The average Bonchev–Trinajstić information content (AvgIpc) is 2.41. The van der Waals surface area contributed by atoms with Crippen LogP contribution in [0.4, 0.5) is 4.79 Å². The van der Waals surface area contributed by atoms with Gasteiger partial charge in [-0.05, 0) is 35.2 Å². The summed E-state index contributed by atoms with van der Waals surface area (Å²) in [6.07, 6.45) is -0.813. The van der Waals surface area contributed by atoms with E-state index in [4.69, 9.17) is 21.1 Å². The minimum atomic E-state index is -0.813. The van der Waals surface area contributed by atoms with Gasteiger partial charge < -0.3 is 9.47 Å². The van der Waals surface area contributed by atoms with Gasteiger partial charge >= 0.3 is 6.16 Å². The fourth-order valence-electron chi connectivity index (χ4n) is 1.76. The summed E-state index contributed by atoms with van der Waals surface area (Å²) in [4.78, 5) is 11.7. The number of ether oxygens (including phenoxy) is 2. The lowest BCUT2D eigenvalue weighted by atomic mass is 9.87. The van der Waals surface area contributed by atoms with Crippen LogP contribution in [0.3, 0.4) is 0 Å². The van der Waals surface area contributed by atoms with Crippen molar-refractivity contribution in [2.24, 2.45) is 0 Å². The van der Waals surface area contributed by atoms with E-state index in [2.05, 4.69) is 20.8 Å². The van der Waals surface area contributed by atoms with Crippen molar-refractivity contribution in [3.05, 3.63) is 59.1 Å². The van der Waals surface area contributed by atoms with Crippen molar-refractivity contribution in [2.45, 2.75) is 26.2 Å². The monoisotopic (exact) mass is 304 g/mol.